The number of aryl methyl sites for hydroxylation is 1. The Morgan fingerprint density at radius 2 is 2.04 bits per heavy atom. The molecule has 0 bridgehead atoms. The molecular weight excluding hydrogens is 344 g/mol. The molecule has 7 heteroatoms. The highest BCUT2D eigenvalue weighted by Crippen LogP contribution is 2.30. The first-order chi connectivity index (χ1) is 13.1. The Kier molecular flexibility index (Phi) is 5.31. The highest BCUT2D eigenvalue weighted by atomic mass is 16.5. The number of fused-ring (bicyclic) bond motifs is 1. The number of ether oxygens (including phenoxy) is 2. The largest absolute Gasteiger partial charge is 0.473 e. The Bertz CT molecular complexity index is 772. The number of carbonyl (C=O) groups is 1. The molecule has 3 heterocycles. The van der Waals surface area contributed by atoms with Gasteiger partial charge in [-0.2, -0.15) is 0 Å². The maximum atomic E-state index is 12.3. The van der Waals surface area contributed by atoms with Gasteiger partial charge in [-0.15, -0.1) is 5.10 Å². The van der Waals surface area contributed by atoms with E-state index in [1.54, 1.807) is 0 Å². The zero-order valence-corrected chi connectivity index (χ0v) is 16.1. The van der Waals surface area contributed by atoms with E-state index in [4.69, 9.17) is 9.47 Å². The van der Waals surface area contributed by atoms with Crippen molar-refractivity contribution in [3.8, 4) is 0 Å². The van der Waals surface area contributed by atoms with Crippen molar-refractivity contribution in [2.75, 3.05) is 26.3 Å². The normalized spacial score (nSPS) is 22.1. The molecule has 27 heavy (non-hydrogen) atoms. The average Bonchev–Trinajstić information content (AvgIpc) is 3.18. The summed E-state index contributed by atoms with van der Waals surface area (Å²) in [7, 11) is 0. The number of hydrogen-bond acceptors (Lipinski definition) is 5. The first kappa shape index (κ1) is 18.3. The van der Waals surface area contributed by atoms with E-state index in [9.17, 15) is 4.79 Å². The molecule has 0 atom stereocenters. The zero-order valence-electron chi connectivity index (χ0n) is 16.1. The standard InChI is InChI=1S/C20H28N4O3/c1-13(2)27-20-15(19(25)22-23-20)11-18-16(12-24-7-9-26-10-8-24)14-5-3-4-6-17(14)21-18/h11,13,21H,3-10,12H2,1-2H3,(H,22,25)/b15-11-. The summed E-state index contributed by atoms with van der Waals surface area (Å²) in [5, 5.41) is 4.05. The second-order valence-corrected chi connectivity index (χ2v) is 7.65. The van der Waals surface area contributed by atoms with Crippen LogP contribution in [0.25, 0.3) is 6.08 Å². The molecule has 1 aliphatic carbocycles. The van der Waals surface area contributed by atoms with Gasteiger partial charge >= 0.3 is 0 Å². The Balaban J connectivity index is 1.67. The van der Waals surface area contributed by atoms with Crippen LogP contribution in [0, 0.1) is 0 Å². The molecule has 1 aromatic heterocycles. The maximum absolute atomic E-state index is 12.3. The van der Waals surface area contributed by atoms with E-state index >= 15 is 0 Å². The van der Waals surface area contributed by atoms with E-state index < -0.39 is 0 Å². The van der Waals surface area contributed by atoms with Crippen LogP contribution in [-0.2, 0) is 33.7 Å². The minimum Gasteiger partial charge on any atom is -0.473 e. The molecule has 7 nitrogen and oxygen atoms in total. The number of H-pyrrole nitrogens is 1. The Morgan fingerprint density at radius 3 is 2.81 bits per heavy atom. The predicted octanol–water partition coefficient (Wildman–Crippen LogP) is 1.98. The molecule has 0 aromatic carbocycles. The first-order valence-corrected chi connectivity index (χ1v) is 9.91. The van der Waals surface area contributed by atoms with Gasteiger partial charge in [-0.3, -0.25) is 9.69 Å². The highest BCUT2D eigenvalue weighted by molar-refractivity contribution is 6.24. The van der Waals surface area contributed by atoms with Crippen molar-refractivity contribution in [1.29, 1.82) is 0 Å². The minimum absolute atomic E-state index is 0.0375. The van der Waals surface area contributed by atoms with Crippen LogP contribution in [0.2, 0.25) is 0 Å². The Morgan fingerprint density at radius 1 is 1.26 bits per heavy atom. The number of hydrazone groups is 1. The number of hydrogen-bond donors (Lipinski definition) is 2. The predicted molar refractivity (Wildman–Crippen MR) is 103 cm³/mol. The highest BCUT2D eigenvalue weighted by Gasteiger charge is 2.28. The lowest BCUT2D eigenvalue weighted by Crippen LogP contribution is -2.36. The van der Waals surface area contributed by atoms with Gasteiger partial charge in [-0.25, -0.2) is 5.43 Å². The maximum Gasteiger partial charge on any atom is 0.277 e. The van der Waals surface area contributed by atoms with Crippen molar-refractivity contribution in [3.63, 3.8) is 0 Å². The monoisotopic (exact) mass is 372 g/mol. The lowest BCUT2D eigenvalue weighted by Gasteiger charge is -2.27. The van der Waals surface area contributed by atoms with Gasteiger partial charge in [0.25, 0.3) is 5.91 Å². The third-order valence-corrected chi connectivity index (χ3v) is 5.30. The first-order valence-electron chi connectivity index (χ1n) is 9.91. The lowest BCUT2D eigenvalue weighted by atomic mass is 9.94. The summed E-state index contributed by atoms with van der Waals surface area (Å²) in [6.07, 6.45) is 6.49. The fraction of sp³-hybridized carbons (Fsp3) is 0.600. The van der Waals surface area contributed by atoms with Crippen molar-refractivity contribution < 1.29 is 14.3 Å². The smallest absolute Gasteiger partial charge is 0.277 e. The molecule has 0 unspecified atom stereocenters. The van der Waals surface area contributed by atoms with Gasteiger partial charge < -0.3 is 14.5 Å². The van der Waals surface area contributed by atoms with E-state index in [0.29, 0.717) is 11.5 Å². The molecule has 1 saturated heterocycles. The van der Waals surface area contributed by atoms with Crippen molar-refractivity contribution in [1.82, 2.24) is 15.3 Å². The average molecular weight is 372 g/mol. The SMILES string of the molecule is CC(C)OC1=NNC(=O)/C1=C/c1[nH]c2c(c1CN1CCOCC1)CCCC2. The van der Waals surface area contributed by atoms with Crippen molar-refractivity contribution >= 4 is 17.9 Å². The van der Waals surface area contributed by atoms with Gasteiger partial charge in [-0.05, 0) is 56.7 Å². The van der Waals surface area contributed by atoms with Crippen LogP contribution in [0.4, 0.5) is 0 Å². The van der Waals surface area contributed by atoms with Crippen molar-refractivity contribution in [2.24, 2.45) is 5.10 Å². The quantitative estimate of drug-likeness (QED) is 0.792. The molecule has 0 spiro atoms. The lowest BCUT2D eigenvalue weighted by molar-refractivity contribution is -0.116. The van der Waals surface area contributed by atoms with E-state index in [0.717, 1.165) is 51.4 Å². The summed E-state index contributed by atoms with van der Waals surface area (Å²) in [5.74, 6) is 0.162. The van der Waals surface area contributed by atoms with E-state index in [2.05, 4.69) is 20.4 Å². The number of rotatable bonds is 4. The number of aromatic nitrogens is 1. The molecule has 0 radical (unpaired) electrons. The van der Waals surface area contributed by atoms with Gasteiger partial charge in [-0.1, -0.05) is 0 Å². The minimum atomic E-state index is -0.212. The summed E-state index contributed by atoms with van der Waals surface area (Å²) >= 11 is 0. The molecule has 2 aliphatic heterocycles. The van der Waals surface area contributed by atoms with Crippen molar-refractivity contribution in [3.05, 3.63) is 28.1 Å². The zero-order chi connectivity index (χ0) is 18.8. The summed E-state index contributed by atoms with van der Waals surface area (Å²) in [4.78, 5) is 18.3. The van der Waals surface area contributed by atoms with Crippen LogP contribution < -0.4 is 5.43 Å². The topological polar surface area (TPSA) is 78.9 Å². The molecule has 3 aliphatic rings. The Hall–Kier alpha value is -2.12. The number of nitrogens with zero attached hydrogens (tertiary/aromatic N) is 2. The van der Waals surface area contributed by atoms with Gasteiger partial charge in [0.05, 0.1) is 19.3 Å². The molecule has 2 N–H and O–H groups in total. The number of aromatic amines is 1. The van der Waals surface area contributed by atoms with Crippen LogP contribution in [0.1, 0.15) is 49.2 Å². The molecule has 146 valence electrons. The van der Waals surface area contributed by atoms with Crippen LogP contribution in [0.15, 0.2) is 10.7 Å². The summed E-state index contributed by atoms with van der Waals surface area (Å²) in [5.41, 5.74) is 8.09. The number of amides is 1. The van der Waals surface area contributed by atoms with Gasteiger partial charge in [0.2, 0.25) is 5.90 Å². The van der Waals surface area contributed by atoms with Crippen LogP contribution >= 0.6 is 0 Å². The number of morpholine rings is 1. The summed E-state index contributed by atoms with van der Waals surface area (Å²) in [6.45, 7) is 8.20. The molecule has 0 saturated carbocycles. The van der Waals surface area contributed by atoms with Crippen LogP contribution in [-0.4, -0.2) is 54.1 Å². The van der Waals surface area contributed by atoms with Gasteiger partial charge in [0.15, 0.2) is 0 Å². The molecule has 4 rings (SSSR count). The molecule has 1 aromatic rings. The second-order valence-electron chi connectivity index (χ2n) is 7.65. The second kappa shape index (κ2) is 7.86. The molecule has 1 fully saturated rings. The fourth-order valence-corrected chi connectivity index (χ4v) is 3.97. The summed E-state index contributed by atoms with van der Waals surface area (Å²) < 4.78 is 11.2. The molecular formula is C20H28N4O3. The van der Waals surface area contributed by atoms with E-state index in [1.807, 2.05) is 19.9 Å². The number of nitrogens with one attached hydrogen (secondary N) is 2. The van der Waals surface area contributed by atoms with E-state index in [1.165, 1.54) is 29.7 Å². The van der Waals surface area contributed by atoms with Crippen molar-refractivity contribution in [2.45, 2.75) is 52.2 Å². The fourth-order valence-electron chi connectivity index (χ4n) is 3.97. The van der Waals surface area contributed by atoms with Gasteiger partial charge in [0.1, 0.15) is 5.57 Å². The molecule has 1 amide bonds. The van der Waals surface area contributed by atoms with Crippen LogP contribution in [0.3, 0.4) is 0 Å². The third-order valence-electron chi connectivity index (χ3n) is 5.30. The van der Waals surface area contributed by atoms with Gasteiger partial charge in [0, 0.05) is 31.0 Å². The Labute approximate surface area is 159 Å². The van der Waals surface area contributed by atoms with Crippen LogP contribution in [0.5, 0.6) is 0 Å². The van der Waals surface area contributed by atoms with E-state index in [-0.39, 0.29) is 12.0 Å². The third kappa shape index (κ3) is 3.94. The summed E-state index contributed by atoms with van der Waals surface area (Å²) in [6, 6.07) is 0. The number of carbonyl (C=O) groups excluding carboxylic acids is 1.